The first-order chi connectivity index (χ1) is 14.8. The lowest BCUT2D eigenvalue weighted by Gasteiger charge is -2.25. The minimum Gasteiger partial charge on any atom is -0.480 e. The van der Waals surface area contributed by atoms with Crippen molar-refractivity contribution in [2.75, 3.05) is 6.61 Å². The van der Waals surface area contributed by atoms with Crippen molar-refractivity contribution in [2.24, 2.45) is 23.1 Å². The molecule has 0 saturated carbocycles. The summed E-state index contributed by atoms with van der Waals surface area (Å²) in [6.07, 6.45) is -0.690. The maximum atomic E-state index is 12.7. The van der Waals surface area contributed by atoms with Crippen LogP contribution in [0.4, 0.5) is 0 Å². The number of aliphatic carboxylic acids is 1. The number of carbonyl (C=O) groups is 6. The van der Waals surface area contributed by atoms with Gasteiger partial charge < -0.3 is 43.4 Å². The number of carbonyl (C=O) groups excluding carboxylic acids is 5. The predicted octanol–water partition coefficient (Wildman–Crippen LogP) is -3.97. The van der Waals surface area contributed by atoms with Crippen LogP contribution in [0.1, 0.15) is 39.5 Å². The van der Waals surface area contributed by atoms with Crippen LogP contribution in [0, 0.1) is 5.92 Å². The van der Waals surface area contributed by atoms with Crippen LogP contribution < -0.4 is 33.2 Å². The highest BCUT2D eigenvalue weighted by molar-refractivity contribution is 5.96. The Morgan fingerprint density at radius 3 is 1.78 bits per heavy atom. The van der Waals surface area contributed by atoms with E-state index in [4.69, 9.17) is 27.4 Å². The van der Waals surface area contributed by atoms with Gasteiger partial charge in [-0.2, -0.15) is 0 Å². The zero-order valence-electron chi connectivity index (χ0n) is 18.0. The monoisotopic (exact) mass is 460 g/mol. The predicted molar refractivity (Wildman–Crippen MR) is 110 cm³/mol. The molecule has 5 unspecified atom stereocenters. The molecule has 0 saturated heterocycles. The number of primary amides is 2. The minimum absolute atomic E-state index is 0.229. The Kier molecular flexibility index (Phi) is 12.5. The first-order valence-corrected chi connectivity index (χ1v) is 9.90. The van der Waals surface area contributed by atoms with Crippen molar-refractivity contribution in [1.82, 2.24) is 16.0 Å². The van der Waals surface area contributed by atoms with Gasteiger partial charge in [0.05, 0.1) is 19.1 Å². The molecule has 0 aromatic carbocycles. The number of rotatable bonds is 15. The van der Waals surface area contributed by atoms with Crippen molar-refractivity contribution in [2.45, 2.75) is 63.7 Å². The second-order valence-corrected chi connectivity index (χ2v) is 7.29. The summed E-state index contributed by atoms with van der Waals surface area (Å²) in [4.78, 5) is 70.9. The summed E-state index contributed by atoms with van der Waals surface area (Å²) in [5.74, 6) is -6.21. The van der Waals surface area contributed by atoms with Gasteiger partial charge in [0, 0.05) is 6.42 Å². The molecule has 0 aromatic rings. The lowest BCUT2D eigenvalue weighted by Crippen LogP contribution is -2.58. The highest BCUT2D eigenvalue weighted by atomic mass is 16.4. The molecular weight excluding hydrogens is 428 g/mol. The highest BCUT2D eigenvalue weighted by Gasteiger charge is 2.31. The van der Waals surface area contributed by atoms with Crippen LogP contribution in [0.3, 0.4) is 0 Å². The van der Waals surface area contributed by atoms with E-state index < -0.39 is 72.7 Å². The second-order valence-electron chi connectivity index (χ2n) is 7.29. The number of nitrogens with one attached hydrogen (secondary N) is 3. The SMILES string of the molecule is CCC(C)C(N)C(=O)NC(CC(N)=O)C(=O)NC(CCC(N)=O)C(=O)NC(CO)C(=O)O. The van der Waals surface area contributed by atoms with Gasteiger partial charge >= 0.3 is 5.97 Å². The Morgan fingerprint density at radius 2 is 1.34 bits per heavy atom. The molecule has 5 atom stereocenters. The number of hydrogen-bond acceptors (Lipinski definition) is 8. The van der Waals surface area contributed by atoms with Crippen LogP contribution in [0.25, 0.3) is 0 Å². The van der Waals surface area contributed by atoms with Gasteiger partial charge in [0.1, 0.15) is 18.1 Å². The maximum absolute atomic E-state index is 12.7. The smallest absolute Gasteiger partial charge is 0.328 e. The van der Waals surface area contributed by atoms with Crippen molar-refractivity contribution >= 4 is 35.5 Å². The average Bonchev–Trinajstić information content (AvgIpc) is 2.71. The van der Waals surface area contributed by atoms with E-state index in [0.717, 1.165) is 0 Å². The zero-order valence-corrected chi connectivity index (χ0v) is 18.0. The Balaban J connectivity index is 5.54. The van der Waals surface area contributed by atoms with Crippen LogP contribution in [-0.2, 0) is 28.8 Å². The van der Waals surface area contributed by atoms with E-state index in [1.54, 1.807) is 6.92 Å². The minimum atomic E-state index is -1.66. The van der Waals surface area contributed by atoms with Crippen molar-refractivity contribution < 1.29 is 39.0 Å². The van der Waals surface area contributed by atoms with E-state index in [-0.39, 0.29) is 18.8 Å². The lowest BCUT2D eigenvalue weighted by molar-refractivity contribution is -0.143. The van der Waals surface area contributed by atoms with E-state index in [1.165, 1.54) is 0 Å². The Labute approximate surface area is 184 Å². The number of hydrogen-bond donors (Lipinski definition) is 8. The average molecular weight is 460 g/mol. The molecule has 11 N–H and O–H groups in total. The van der Waals surface area contributed by atoms with Crippen LogP contribution in [0.2, 0.25) is 0 Å². The quantitative estimate of drug-likeness (QED) is 0.118. The molecule has 0 aliphatic rings. The first kappa shape index (κ1) is 28.7. The normalized spacial score (nSPS) is 15.4. The Bertz CT molecular complexity index is 716. The fourth-order valence-corrected chi connectivity index (χ4v) is 2.48. The molecule has 0 rings (SSSR count). The summed E-state index contributed by atoms with van der Waals surface area (Å²) >= 11 is 0. The van der Waals surface area contributed by atoms with E-state index in [2.05, 4.69) is 10.6 Å². The lowest BCUT2D eigenvalue weighted by atomic mass is 9.99. The van der Waals surface area contributed by atoms with E-state index in [0.29, 0.717) is 6.42 Å². The van der Waals surface area contributed by atoms with Gasteiger partial charge in [0.2, 0.25) is 29.5 Å². The van der Waals surface area contributed by atoms with E-state index in [9.17, 15) is 28.8 Å². The number of amides is 5. The molecule has 0 fully saturated rings. The van der Waals surface area contributed by atoms with Gasteiger partial charge in [0.15, 0.2) is 0 Å². The van der Waals surface area contributed by atoms with Crippen molar-refractivity contribution in [1.29, 1.82) is 0 Å². The summed E-state index contributed by atoms with van der Waals surface area (Å²) in [6, 6.07) is -5.57. The molecule has 0 bridgehead atoms. The number of carboxylic acid groups (broad SMARTS) is 1. The molecule has 182 valence electrons. The third kappa shape index (κ3) is 10.2. The fourth-order valence-electron chi connectivity index (χ4n) is 2.48. The van der Waals surface area contributed by atoms with E-state index in [1.807, 2.05) is 12.2 Å². The van der Waals surface area contributed by atoms with Crippen molar-refractivity contribution in [3.63, 3.8) is 0 Å². The van der Waals surface area contributed by atoms with Gasteiger partial charge in [-0.15, -0.1) is 0 Å². The largest absolute Gasteiger partial charge is 0.480 e. The van der Waals surface area contributed by atoms with Gasteiger partial charge in [-0.1, -0.05) is 20.3 Å². The molecule has 0 aliphatic carbocycles. The number of aliphatic hydroxyl groups excluding tert-OH is 1. The summed E-state index contributed by atoms with van der Waals surface area (Å²) < 4.78 is 0. The maximum Gasteiger partial charge on any atom is 0.328 e. The summed E-state index contributed by atoms with van der Waals surface area (Å²) in [6.45, 7) is 2.60. The molecule has 0 aromatic heterocycles. The Hall–Kier alpha value is -3.26. The topological polar surface area (TPSA) is 257 Å². The standard InChI is InChI=1S/C18H32N6O8/c1-3-8(2)14(21)17(30)23-10(6-13(20)27)16(29)22-9(4-5-12(19)26)15(28)24-11(7-25)18(31)32/h8-11,14,25H,3-7,21H2,1-2H3,(H2,19,26)(H2,20,27)(H,22,29)(H,23,30)(H,24,28)(H,31,32). The van der Waals surface area contributed by atoms with Crippen molar-refractivity contribution in [3.8, 4) is 0 Å². The van der Waals surface area contributed by atoms with Crippen LogP contribution in [0.15, 0.2) is 0 Å². The molecular formula is C18H32N6O8. The van der Waals surface area contributed by atoms with Gasteiger partial charge in [-0.3, -0.25) is 24.0 Å². The van der Waals surface area contributed by atoms with Crippen molar-refractivity contribution in [3.05, 3.63) is 0 Å². The molecule has 0 radical (unpaired) electrons. The highest BCUT2D eigenvalue weighted by Crippen LogP contribution is 2.07. The number of carboxylic acids is 1. The summed E-state index contributed by atoms with van der Waals surface area (Å²) in [7, 11) is 0. The number of nitrogens with two attached hydrogens (primary N) is 3. The van der Waals surface area contributed by atoms with Gasteiger partial charge in [-0.25, -0.2) is 4.79 Å². The summed E-state index contributed by atoms with van der Waals surface area (Å²) in [5, 5.41) is 24.6. The van der Waals surface area contributed by atoms with Gasteiger partial charge in [0.25, 0.3) is 0 Å². The van der Waals surface area contributed by atoms with E-state index >= 15 is 0 Å². The first-order valence-electron chi connectivity index (χ1n) is 9.90. The van der Waals surface area contributed by atoms with Crippen LogP contribution in [0.5, 0.6) is 0 Å². The molecule has 0 heterocycles. The molecule has 32 heavy (non-hydrogen) atoms. The molecule has 14 nitrogen and oxygen atoms in total. The molecule has 5 amide bonds. The third-order valence-corrected chi connectivity index (χ3v) is 4.71. The zero-order chi connectivity index (χ0) is 25.0. The molecule has 14 heteroatoms. The van der Waals surface area contributed by atoms with Gasteiger partial charge in [-0.05, 0) is 12.3 Å². The molecule has 0 spiro atoms. The van der Waals surface area contributed by atoms with Crippen LogP contribution in [-0.4, -0.2) is 76.5 Å². The van der Waals surface area contributed by atoms with Crippen LogP contribution >= 0.6 is 0 Å². The molecule has 0 aliphatic heterocycles. The fraction of sp³-hybridized carbons (Fsp3) is 0.667. The Morgan fingerprint density at radius 1 is 0.844 bits per heavy atom. The second kappa shape index (κ2) is 13.9. The number of aliphatic hydroxyl groups is 1. The third-order valence-electron chi connectivity index (χ3n) is 4.71. The summed E-state index contributed by atoms with van der Waals surface area (Å²) in [5.41, 5.74) is 16.0.